The number of thiazole rings is 1. The van der Waals surface area contributed by atoms with Gasteiger partial charge in [0.05, 0.1) is 5.69 Å². The Balaban J connectivity index is 0.00000261. The smallest absolute Gasteiger partial charge is 0.193 e. The second-order valence-corrected chi connectivity index (χ2v) is 7.72. The van der Waals surface area contributed by atoms with Crippen molar-refractivity contribution in [2.75, 3.05) is 38.6 Å². The number of aromatic nitrogens is 1. The van der Waals surface area contributed by atoms with E-state index in [-0.39, 0.29) is 24.0 Å². The fourth-order valence-corrected chi connectivity index (χ4v) is 4.11. The number of halogens is 1. The highest BCUT2D eigenvalue weighted by atomic mass is 127. The molecule has 0 atom stereocenters. The van der Waals surface area contributed by atoms with Crippen molar-refractivity contribution >= 4 is 46.4 Å². The average Bonchev–Trinajstić information content (AvgIpc) is 3.32. The molecule has 0 radical (unpaired) electrons. The van der Waals surface area contributed by atoms with Crippen molar-refractivity contribution < 1.29 is 0 Å². The van der Waals surface area contributed by atoms with E-state index in [0.717, 1.165) is 38.6 Å². The molecule has 1 aromatic carbocycles. The first-order valence-electron chi connectivity index (χ1n) is 9.32. The molecule has 3 rings (SSSR count). The second kappa shape index (κ2) is 10.8. The van der Waals surface area contributed by atoms with Crippen LogP contribution in [0.15, 0.2) is 34.6 Å². The number of anilines is 1. The average molecular weight is 499 g/mol. The predicted molar refractivity (Wildman–Crippen MR) is 127 cm³/mol. The number of aryl methyl sites for hydroxylation is 1. The van der Waals surface area contributed by atoms with E-state index in [1.807, 2.05) is 7.05 Å². The van der Waals surface area contributed by atoms with E-state index >= 15 is 0 Å². The van der Waals surface area contributed by atoms with E-state index in [9.17, 15) is 0 Å². The quantitative estimate of drug-likeness (QED) is 0.372. The SMILES string of the molecule is CN=C(NCCc1csc(N2CCCC2)n1)N(C)Cc1ccc(C)cc1.I. The Bertz CT molecular complexity index is 722. The van der Waals surface area contributed by atoms with Crippen molar-refractivity contribution in [3.8, 4) is 0 Å². The van der Waals surface area contributed by atoms with Gasteiger partial charge >= 0.3 is 0 Å². The molecule has 1 aliphatic heterocycles. The summed E-state index contributed by atoms with van der Waals surface area (Å²) in [5.41, 5.74) is 3.74. The molecular weight excluding hydrogens is 469 g/mol. The van der Waals surface area contributed by atoms with E-state index < -0.39 is 0 Å². The molecule has 2 aromatic rings. The molecule has 1 aliphatic rings. The lowest BCUT2D eigenvalue weighted by atomic mass is 10.1. The monoisotopic (exact) mass is 499 g/mol. The number of nitrogens with one attached hydrogen (secondary N) is 1. The van der Waals surface area contributed by atoms with Crippen molar-refractivity contribution in [3.63, 3.8) is 0 Å². The second-order valence-electron chi connectivity index (χ2n) is 6.88. The first-order chi connectivity index (χ1) is 12.7. The van der Waals surface area contributed by atoms with E-state index in [1.165, 1.54) is 34.8 Å². The first-order valence-corrected chi connectivity index (χ1v) is 10.2. The number of guanidine groups is 1. The summed E-state index contributed by atoms with van der Waals surface area (Å²) in [5, 5.41) is 6.82. The molecule has 0 bridgehead atoms. The van der Waals surface area contributed by atoms with Gasteiger partial charge < -0.3 is 15.1 Å². The Morgan fingerprint density at radius 3 is 2.63 bits per heavy atom. The van der Waals surface area contributed by atoms with E-state index in [2.05, 4.69) is 63.7 Å². The van der Waals surface area contributed by atoms with Gasteiger partial charge in [-0.25, -0.2) is 4.98 Å². The Morgan fingerprint density at radius 1 is 1.26 bits per heavy atom. The zero-order valence-electron chi connectivity index (χ0n) is 16.4. The van der Waals surface area contributed by atoms with Crippen LogP contribution in [0.25, 0.3) is 0 Å². The van der Waals surface area contributed by atoms with Gasteiger partial charge in [-0.3, -0.25) is 4.99 Å². The molecular formula is C20H30IN5S. The number of hydrogen-bond acceptors (Lipinski definition) is 4. The molecule has 5 nitrogen and oxygen atoms in total. The van der Waals surface area contributed by atoms with Crippen LogP contribution in [0.2, 0.25) is 0 Å². The summed E-state index contributed by atoms with van der Waals surface area (Å²) in [7, 11) is 3.91. The van der Waals surface area contributed by atoms with Crippen LogP contribution in [-0.2, 0) is 13.0 Å². The molecule has 1 fully saturated rings. The van der Waals surface area contributed by atoms with Crippen LogP contribution in [-0.4, -0.2) is 49.6 Å². The van der Waals surface area contributed by atoms with Crippen LogP contribution in [0.1, 0.15) is 29.7 Å². The minimum absolute atomic E-state index is 0. The third-order valence-corrected chi connectivity index (χ3v) is 5.64. The maximum atomic E-state index is 4.79. The van der Waals surface area contributed by atoms with E-state index in [0.29, 0.717) is 0 Å². The maximum absolute atomic E-state index is 4.79. The molecule has 0 amide bonds. The zero-order chi connectivity index (χ0) is 18.4. The van der Waals surface area contributed by atoms with Crippen LogP contribution in [0.3, 0.4) is 0 Å². The van der Waals surface area contributed by atoms with Crippen molar-refractivity contribution in [2.45, 2.75) is 32.7 Å². The van der Waals surface area contributed by atoms with Crippen LogP contribution in [0, 0.1) is 6.92 Å². The van der Waals surface area contributed by atoms with Crippen molar-refractivity contribution in [2.24, 2.45) is 4.99 Å². The molecule has 0 aliphatic carbocycles. The number of rotatable bonds is 6. The molecule has 0 saturated carbocycles. The van der Waals surface area contributed by atoms with Gasteiger partial charge in [-0.2, -0.15) is 0 Å². The zero-order valence-corrected chi connectivity index (χ0v) is 19.6. The lowest BCUT2D eigenvalue weighted by molar-refractivity contribution is 0.477. The molecule has 148 valence electrons. The lowest BCUT2D eigenvalue weighted by Crippen LogP contribution is -2.39. The number of hydrogen-bond donors (Lipinski definition) is 1. The Hall–Kier alpha value is -1.35. The van der Waals surface area contributed by atoms with Crippen LogP contribution in [0.5, 0.6) is 0 Å². The number of benzene rings is 1. The molecule has 2 heterocycles. The highest BCUT2D eigenvalue weighted by Crippen LogP contribution is 2.24. The highest BCUT2D eigenvalue weighted by Gasteiger charge is 2.15. The van der Waals surface area contributed by atoms with E-state index in [4.69, 9.17) is 4.98 Å². The van der Waals surface area contributed by atoms with E-state index in [1.54, 1.807) is 11.3 Å². The molecule has 1 aromatic heterocycles. The molecule has 1 N–H and O–H groups in total. The van der Waals surface area contributed by atoms with Gasteiger partial charge in [-0.15, -0.1) is 35.3 Å². The predicted octanol–water partition coefficient (Wildman–Crippen LogP) is 3.92. The van der Waals surface area contributed by atoms with Gasteiger partial charge in [-0.1, -0.05) is 29.8 Å². The highest BCUT2D eigenvalue weighted by molar-refractivity contribution is 14.0. The summed E-state index contributed by atoms with van der Waals surface area (Å²) in [6.07, 6.45) is 3.50. The van der Waals surface area contributed by atoms with Gasteiger partial charge in [0, 0.05) is 52.1 Å². The molecule has 27 heavy (non-hydrogen) atoms. The standard InChI is InChI=1S/C20H29N5S.HI/c1-16-6-8-17(9-7-16)14-24(3)19(21-2)22-11-10-18-15-26-20(23-18)25-12-4-5-13-25;/h6-9,15H,4-5,10-14H2,1-3H3,(H,21,22);1H. The van der Waals surface area contributed by atoms with Gasteiger partial charge in [-0.05, 0) is 25.3 Å². The molecule has 0 unspecified atom stereocenters. The fourth-order valence-electron chi connectivity index (χ4n) is 3.19. The van der Waals surface area contributed by atoms with Crippen molar-refractivity contribution in [1.29, 1.82) is 0 Å². The molecule has 7 heteroatoms. The summed E-state index contributed by atoms with van der Waals surface area (Å²) in [5.74, 6) is 0.917. The Labute approximate surface area is 183 Å². The van der Waals surface area contributed by atoms with Gasteiger partial charge in [0.15, 0.2) is 11.1 Å². The normalized spacial score (nSPS) is 14.2. The van der Waals surface area contributed by atoms with Crippen molar-refractivity contribution in [1.82, 2.24) is 15.2 Å². The minimum atomic E-state index is 0. The van der Waals surface area contributed by atoms with Crippen LogP contribution < -0.4 is 10.2 Å². The lowest BCUT2D eigenvalue weighted by Gasteiger charge is -2.22. The largest absolute Gasteiger partial charge is 0.356 e. The topological polar surface area (TPSA) is 43.8 Å². The summed E-state index contributed by atoms with van der Waals surface area (Å²) in [4.78, 5) is 13.7. The maximum Gasteiger partial charge on any atom is 0.193 e. The summed E-state index contributed by atoms with van der Waals surface area (Å²) < 4.78 is 0. The first kappa shape index (κ1) is 21.9. The summed E-state index contributed by atoms with van der Waals surface area (Å²) in [6.45, 7) is 6.11. The van der Waals surface area contributed by atoms with Gasteiger partial charge in [0.2, 0.25) is 0 Å². The number of nitrogens with zero attached hydrogens (tertiary/aromatic N) is 4. The third kappa shape index (κ3) is 6.34. The number of aliphatic imine (C=N–C) groups is 1. The van der Waals surface area contributed by atoms with Crippen LogP contribution >= 0.6 is 35.3 Å². The summed E-state index contributed by atoms with van der Waals surface area (Å²) in [6, 6.07) is 8.65. The van der Waals surface area contributed by atoms with Crippen LogP contribution in [0.4, 0.5) is 5.13 Å². The van der Waals surface area contributed by atoms with Gasteiger partial charge in [0.1, 0.15) is 0 Å². The Morgan fingerprint density at radius 2 is 1.96 bits per heavy atom. The molecule has 1 saturated heterocycles. The van der Waals surface area contributed by atoms with Crippen molar-refractivity contribution in [3.05, 3.63) is 46.5 Å². The van der Waals surface area contributed by atoms with Gasteiger partial charge in [0.25, 0.3) is 0 Å². The minimum Gasteiger partial charge on any atom is -0.356 e. The third-order valence-electron chi connectivity index (χ3n) is 4.69. The summed E-state index contributed by atoms with van der Waals surface area (Å²) >= 11 is 1.77. The molecule has 0 spiro atoms. The fraction of sp³-hybridized carbons (Fsp3) is 0.500. The Kier molecular flexibility index (Phi) is 8.82.